The van der Waals surface area contributed by atoms with Crippen molar-refractivity contribution >= 4 is 28.2 Å². The van der Waals surface area contributed by atoms with E-state index < -0.39 is 10.0 Å². The van der Waals surface area contributed by atoms with Crippen LogP contribution in [-0.4, -0.2) is 68.6 Å². The predicted molar refractivity (Wildman–Crippen MR) is 169 cm³/mol. The van der Waals surface area contributed by atoms with Gasteiger partial charge in [-0.15, -0.1) is 0 Å². The summed E-state index contributed by atoms with van der Waals surface area (Å²) in [6.45, 7) is 10.2. The van der Waals surface area contributed by atoms with Crippen molar-refractivity contribution in [3.63, 3.8) is 0 Å². The van der Waals surface area contributed by atoms with E-state index in [-0.39, 0.29) is 27.7 Å². The van der Waals surface area contributed by atoms with Crippen molar-refractivity contribution in [1.29, 1.82) is 0 Å². The highest BCUT2D eigenvalue weighted by atomic mass is 32.2. The second-order valence-electron chi connectivity index (χ2n) is 13.5. The van der Waals surface area contributed by atoms with Crippen LogP contribution in [0.15, 0.2) is 81.4 Å². The van der Waals surface area contributed by atoms with Gasteiger partial charge in [-0.2, -0.15) is 9.41 Å². The standard InChI is InChI=1S/C34H42N4O4S/c1-33(2)20-29-21-34(3,23-33)24-38(29)43(40,41)30-13-11-26(12-14-30)32(39)36-35-22-28-10-9-27(19-25-7-5-4-6-8-25)31(28)37-15-17-42-18-16-37/h4-8,11-14,19,22,29H,9-10,15-18,20-21,23-24H2,1-3H3,(H,36,39). The predicted octanol–water partition coefficient (Wildman–Crippen LogP) is 5.46. The largest absolute Gasteiger partial charge is 0.378 e. The van der Waals surface area contributed by atoms with Crippen LogP contribution in [0.2, 0.25) is 0 Å². The number of fused-ring (bicyclic) bond motifs is 2. The summed E-state index contributed by atoms with van der Waals surface area (Å²) in [4.78, 5) is 15.5. The number of amides is 1. The van der Waals surface area contributed by atoms with E-state index in [1.807, 2.05) is 18.2 Å². The van der Waals surface area contributed by atoms with Gasteiger partial charge < -0.3 is 9.64 Å². The summed E-state index contributed by atoms with van der Waals surface area (Å²) < 4.78 is 34.5. The number of nitrogens with one attached hydrogen (secondary N) is 1. The summed E-state index contributed by atoms with van der Waals surface area (Å²) in [6.07, 6.45) is 8.52. The number of hydrogen-bond acceptors (Lipinski definition) is 6. The Morgan fingerprint density at radius 1 is 1.00 bits per heavy atom. The van der Waals surface area contributed by atoms with Gasteiger partial charge in [0.15, 0.2) is 0 Å². The molecule has 1 amide bonds. The van der Waals surface area contributed by atoms with Crippen LogP contribution < -0.4 is 5.43 Å². The molecule has 2 aliphatic heterocycles. The molecule has 2 aromatic rings. The van der Waals surface area contributed by atoms with Crippen molar-refractivity contribution in [2.24, 2.45) is 15.9 Å². The Kier molecular flexibility index (Phi) is 8.08. The maximum atomic E-state index is 13.6. The first-order valence-corrected chi connectivity index (χ1v) is 16.7. The van der Waals surface area contributed by atoms with E-state index in [0.29, 0.717) is 25.3 Å². The van der Waals surface area contributed by atoms with Gasteiger partial charge in [-0.05, 0) is 90.0 Å². The molecule has 4 aliphatic rings. The molecule has 2 unspecified atom stereocenters. The molecule has 6 rings (SSSR count). The van der Waals surface area contributed by atoms with Crippen molar-refractivity contribution in [2.45, 2.75) is 63.8 Å². The average Bonchev–Trinajstić information content (AvgIpc) is 3.50. The average molecular weight is 603 g/mol. The molecule has 2 aromatic carbocycles. The minimum atomic E-state index is -3.65. The van der Waals surface area contributed by atoms with Gasteiger partial charge >= 0.3 is 0 Å². The molecule has 2 atom stereocenters. The number of hydrogen-bond donors (Lipinski definition) is 1. The zero-order chi connectivity index (χ0) is 30.2. The first-order chi connectivity index (χ1) is 20.5. The Labute approximate surface area is 255 Å². The van der Waals surface area contributed by atoms with Gasteiger partial charge in [0.1, 0.15) is 0 Å². The second kappa shape index (κ2) is 11.7. The number of morpholine rings is 1. The Hall–Kier alpha value is -3.27. The Morgan fingerprint density at radius 2 is 1.72 bits per heavy atom. The summed E-state index contributed by atoms with van der Waals surface area (Å²) >= 11 is 0. The zero-order valence-electron chi connectivity index (χ0n) is 25.4. The maximum absolute atomic E-state index is 13.6. The third-order valence-corrected chi connectivity index (χ3v) is 11.1. The van der Waals surface area contributed by atoms with Crippen LogP contribution >= 0.6 is 0 Å². The molecule has 2 bridgehead atoms. The summed E-state index contributed by atoms with van der Waals surface area (Å²) in [6, 6.07) is 16.5. The molecular weight excluding hydrogens is 560 g/mol. The van der Waals surface area contributed by atoms with Gasteiger partial charge in [-0.25, -0.2) is 13.8 Å². The van der Waals surface area contributed by atoms with Crippen molar-refractivity contribution in [2.75, 3.05) is 32.8 Å². The highest BCUT2D eigenvalue weighted by Crippen LogP contribution is 2.53. The molecule has 43 heavy (non-hydrogen) atoms. The van der Waals surface area contributed by atoms with Crippen LogP contribution in [0.25, 0.3) is 6.08 Å². The molecule has 8 nitrogen and oxygen atoms in total. The first-order valence-electron chi connectivity index (χ1n) is 15.3. The van der Waals surface area contributed by atoms with Crippen LogP contribution in [0.3, 0.4) is 0 Å². The number of nitrogens with zero attached hydrogens (tertiary/aromatic N) is 3. The fraction of sp³-hybridized carbons (Fsp3) is 0.471. The van der Waals surface area contributed by atoms with Crippen LogP contribution in [0, 0.1) is 10.8 Å². The number of benzene rings is 2. The highest BCUT2D eigenvalue weighted by Gasteiger charge is 2.53. The number of rotatable bonds is 7. The lowest BCUT2D eigenvalue weighted by Gasteiger charge is -2.39. The van der Waals surface area contributed by atoms with Gasteiger partial charge in [0.2, 0.25) is 10.0 Å². The molecule has 9 heteroatoms. The van der Waals surface area contributed by atoms with E-state index in [1.165, 1.54) is 11.3 Å². The van der Waals surface area contributed by atoms with E-state index in [4.69, 9.17) is 4.74 Å². The number of carbonyl (C=O) groups is 1. The van der Waals surface area contributed by atoms with E-state index in [0.717, 1.165) is 56.3 Å². The van der Waals surface area contributed by atoms with E-state index >= 15 is 0 Å². The normalized spacial score (nSPS) is 26.9. The van der Waals surface area contributed by atoms with Gasteiger partial charge in [0.25, 0.3) is 5.91 Å². The fourth-order valence-corrected chi connectivity index (χ4v) is 9.53. The van der Waals surface area contributed by atoms with E-state index in [1.54, 1.807) is 34.8 Å². The van der Waals surface area contributed by atoms with Crippen LogP contribution in [0.4, 0.5) is 0 Å². The Morgan fingerprint density at radius 3 is 2.44 bits per heavy atom. The number of carbonyl (C=O) groups excluding carboxylic acids is 1. The number of hydrazone groups is 1. The zero-order valence-corrected chi connectivity index (χ0v) is 26.2. The van der Waals surface area contributed by atoms with Crippen molar-refractivity contribution < 1.29 is 17.9 Å². The Balaban J connectivity index is 1.15. The molecule has 1 N–H and O–H groups in total. The smallest absolute Gasteiger partial charge is 0.271 e. The summed E-state index contributed by atoms with van der Waals surface area (Å²) in [7, 11) is -3.65. The maximum Gasteiger partial charge on any atom is 0.271 e. The minimum Gasteiger partial charge on any atom is -0.378 e. The number of allylic oxidation sites excluding steroid dienone is 2. The SMILES string of the molecule is CC1(C)CC2CC(C)(CN2S(=O)(=O)c2ccc(C(=O)NN=CC3=C(N4CCOCC4)C(=Cc4ccccc4)CC3)cc2)C1. The van der Waals surface area contributed by atoms with E-state index in [2.05, 4.69) is 54.4 Å². The molecule has 228 valence electrons. The fourth-order valence-electron chi connectivity index (χ4n) is 7.76. The molecule has 0 spiro atoms. The van der Waals surface area contributed by atoms with Gasteiger partial charge in [0, 0.05) is 36.9 Å². The summed E-state index contributed by atoms with van der Waals surface area (Å²) in [5.74, 6) is -0.377. The lowest BCUT2D eigenvalue weighted by Crippen LogP contribution is -2.37. The van der Waals surface area contributed by atoms with Crippen LogP contribution in [0.5, 0.6) is 0 Å². The highest BCUT2D eigenvalue weighted by molar-refractivity contribution is 7.89. The Bertz CT molecular complexity index is 1560. The van der Waals surface area contributed by atoms with Gasteiger partial charge in [-0.3, -0.25) is 4.79 Å². The molecule has 1 saturated carbocycles. The lowest BCUT2D eigenvalue weighted by atomic mass is 9.65. The quantitative estimate of drug-likeness (QED) is 0.336. The number of ether oxygens (including phenoxy) is 1. The van der Waals surface area contributed by atoms with E-state index in [9.17, 15) is 13.2 Å². The topological polar surface area (TPSA) is 91.3 Å². The molecule has 0 radical (unpaired) electrons. The monoisotopic (exact) mass is 602 g/mol. The van der Waals surface area contributed by atoms with Crippen molar-refractivity contribution in [3.05, 3.63) is 82.6 Å². The van der Waals surface area contributed by atoms with Crippen molar-refractivity contribution in [1.82, 2.24) is 14.6 Å². The van der Waals surface area contributed by atoms with Gasteiger partial charge in [0.05, 0.1) is 24.3 Å². The third kappa shape index (κ3) is 6.35. The number of sulfonamides is 1. The molecular formula is C34H42N4O4S. The molecule has 2 aliphatic carbocycles. The molecule has 2 saturated heterocycles. The van der Waals surface area contributed by atoms with Gasteiger partial charge in [-0.1, -0.05) is 51.1 Å². The minimum absolute atomic E-state index is 0.00577. The van der Waals surface area contributed by atoms with Crippen LogP contribution in [0.1, 0.15) is 68.8 Å². The van der Waals surface area contributed by atoms with Crippen molar-refractivity contribution in [3.8, 4) is 0 Å². The first kappa shape index (κ1) is 29.8. The molecule has 3 fully saturated rings. The van der Waals surface area contributed by atoms with Crippen LogP contribution in [-0.2, 0) is 14.8 Å². The lowest BCUT2D eigenvalue weighted by molar-refractivity contribution is 0.0548. The summed E-state index contributed by atoms with van der Waals surface area (Å²) in [5.41, 5.74) is 7.81. The second-order valence-corrected chi connectivity index (χ2v) is 15.4. The molecule has 2 heterocycles. The molecule has 0 aromatic heterocycles. The summed E-state index contributed by atoms with van der Waals surface area (Å²) in [5, 5.41) is 4.31. The third-order valence-electron chi connectivity index (χ3n) is 9.22.